The molecule has 9 heteroatoms. The summed E-state index contributed by atoms with van der Waals surface area (Å²) < 4.78 is 13.1. The van der Waals surface area contributed by atoms with Crippen LogP contribution in [0.5, 0.6) is 0 Å². The SMILES string of the molecule is O=CN(O)C[C@@H](CC1CCCC1)C(=O)N1CCCCN1C(=O)Nc1ccc(F)cc1. The van der Waals surface area contributed by atoms with Gasteiger partial charge in [-0.1, -0.05) is 25.7 Å². The number of benzene rings is 1. The number of nitrogens with zero attached hydrogens (tertiary/aromatic N) is 3. The number of amides is 4. The Morgan fingerprint density at radius 3 is 2.40 bits per heavy atom. The predicted octanol–water partition coefficient (Wildman–Crippen LogP) is 3.24. The Kier molecular flexibility index (Phi) is 7.62. The highest BCUT2D eigenvalue weighted by Crippen LogP contribution is 2.32. The molecule has 0 spiro atoms. The lowest BCUT2D eigenvalue weighted by atomic mass is 9.92. The smallest absolute Gasteiger partial charge is 0.306 e. The van der Waals surface area contributed by atoms with E-state index in [0.29, 0.717) is 42.6 Å². The Labute approximate surface area is 175 Å². The Morgan fingerprint density at radius 2 is 1.77 bits per heavy atom. The molecule has 0 radical (unpaired) electrons. The number of urea groups is 1. The van der Waals surface area contributed by atoms with E-state index in [0.717, 1.165) is 38.5 Å². The molecule has 1 heterocycles. The summed E-state index contributed by atoms with van der Waals surface area (Å²) >= 11 is 0. The van der Waals surface area contributed by atoms with Crippen molar-refractivity contribution in [3.63, 3.8) is 0 Å². The summed E-state index contributed by atoms with van der Waals surface area (Å²) in [5.41, 5.74) is 0.435. The molecule has 0 aromatic heterocycles. The van der Waals surface area contributed by atoms with E-state index in [-0.39, 0.29) is 12.5 Å². The van der Waals surface area contributed by atoms with Gasteiger partial charge in [0.1, 0.15) is 5.82 Å². The van der Waals surface area contributed by atoms with Crippen molar-refractivity contribution in [1.82, 2.24) is 15.1 Å². The molecule has 2 aliphatic rings. The molecular weight excluding hydrogens is 391 g/mol. The Hall–Kier alpha value is -2.68. The first kappa shape index (κ1) is 22.0. The Morgan fingerprint density at radius 1 is 1.13 bits per heavy atom. The molecule has 1 saturated carbocycles. The molecule has 30 heavy (non-hydrogen) atoms. The van der Waals surface area contributed by atoms with Gasteiger partial charge in [-0.3, -0.25) is 14.8 Å². The van der Waals surface area contributed by atoms with Gasteiger partial charge in [-0.25, -0.2) is 24.3 Å². The molecule has 8 nitrogen and oxygen atoms in total. The van der Waals surface area contributed by atoms with Crippen molar-refractivity contribution in [2.45, 2.75) is 44.9 Å². The van der Waals surface area contributed by atoms with Gasteiger partial charge >= 0.3 is 6.03 Å². The van der Waals surface area contributed by atoms with Gasteiger partial charge in [-0.15, -0.1) is 0 Å². The molecule has 4 amide bonds. The van der Waals surface area contributed by atoms with Crippen molar-refractivity contribution >= 4 is 24.0 Å². The highest BCUT2D eigenvalue weighted by molar-refractivity contribution is 5.91. The van der Waals surface area contributed by atoms with Crippen LogP contribution in [0.4, 0.5) is 14.9 Å². The van der Waals surface area contributed by atoms with Crippen molar-refractivity contribution in [3.05, 3.63) is 30.1 Å². The van der Waals surface area contributed by atoms with E-state index >= 15 is 0 Å². The number of hydrogen-bond acceptors (Lipinski definition) is 4. The predicted molar refractivity (Wildman–Crippen MR) is 108 cm³/mol. The third-order valence-corrected chi connectivity index (χ3v) is 5.84. The summed E-state index contributed by atoms with van der Waals surface area (Å²) in [4.78, 5) is 37.1. The highest BCUT2D eigenvalue weighted by atomic mass is 19.1. The number of carbonyl (C=O) groups is 3. The minimum absolute atomic E-state index is 0.0945. The van der Waals surface area contributed by atoms with Gasteiger partial charge in [-0.05, 0) is 49.4 Å². The summed E-state index contributed by atoms with van der Waals surface area (Å²) in [6.07, 6.45) is 6.71. The number of halogens is 1. The van der Waals surface area contributed by atoms with Crippen molar-refractivity contribution in [2.75, 3.05) is 25.0 Å². The number of hydroxylamine groups is 2. The van der Waals surface area contributed by atoms with Crippen LogP contribution in [0.1, 0.15) is 44.9 Å². The quantitative estimate of drug-likeness (QED) is 0.402. The van der Waals surface area contributed by atoms with E-state index < -0.39 is 17.8 Å². The number of hydrogen-bond donors (Lipinski definition) is 2. The zero-order chi connectivity index (χ0) is 21.5. The number of rotatable bonds is 7. The molecule has 2 fully saturated rings. The van der Waals surface area contributed by atoms with Gasteiger partial charge < -0.3 is 5.32 Å². The van der Waals surface area contributed by atoms with Crippen LogP contribution in [0.2, 0.25) is 0 Å². The molecule has 0 bridgehead atoms. The molecule has 3 rings (SSSR count). The van der Waals surface area contributed by atoms with Crippen LogP contribution < -0.4 is 5.32 Å². The number of anilines is 1. The first-order valence-electron chi connectivity index (χ1n) is 10.5. The van der Waals surface area contributed by atoms with Crippen LogP contribution in [-0.4, -0.2) is 58.3 Å². The maximum atomic E-state index is 13.4. The van der Waals surface area contributed by atoms with Gasteiger partial charge in [0, 0.05) is 18.8 Å². The average Bonchev–Trinajstić information content (AvgIpc) is 3.27. The van der Waals surface area contributed by atoms with Gasteiger partial charge in [0.2, 0.25) is 12.3 Å². The fraction of sp³-hybridized carbons (Fsp3) is 0.571. The zero-order valence-corrected chi connectivity index (χ0v) is 17.0. The first-order valence-corrected chi connectivity index (χ1v) is 10.5. The van der Waals surface area contributed by atoms with Gasteiger partial charge in [0.05, 0.1) is 12.5 Å². The molecule has 164 valence electrons. The highest BCUT2D eigenvalue weighted by Gasteiger charge is 2.35. The average molecular weight is 420 g/mol. The van der Waals surface area contributed by atoms with E-state index in [4.69, 9.17) is 0 Å². The fourth-order valence-corrected chi connectivity index (χ4v) is 4.31. The minimum Gasteiger partial charge on any atom is -0.306 e. The largest absolute Gasteiger partial charge is 0.340 e. The zero-order valence-electron chi connectivity index (χ0n) is 17.0. The normalized spacial score (nSPS) is 18.2. The lowest BCUT2D eigenvalue weighted by Crippen LogP contribution is -2.57. The third-order valence-electron chi connectivity index (χ3n) is 5.84. The van der Waals surface area contributed by atoms with E-state index in [2.05, 4.69) is 5.32 Å². The van der Waals surface area contributed by atoms with Crippen LogP contribution in [0.25, 0.3) is 0 Å². The first-order chi connectivity index (χ1) is 14.5. The van der Waals surface area contributed by atoms with E-state index in [1.165, 1.54) is 34.3 Å². The van der Waals surface area contributed by atoms with Crippen LogP contribution in [0.3, 0.4) is 0 Å². The lowest BCUT2D eigenvalue weighted by Gasteiger charge is -2.40. The third kappa shape index (κ3) is 5.69. The summed E-state index contributed by atoms with van der Waals surface area (Å²) in [6, 6.07) is 4.95. The minimum atomic E-state index is -0.581. The Balaban J connectivity index is 1.72. The molecule has 0 unspecified atom stereocenters. The fourth-order valence-electron chi connectivity index (χ4n) is 4.31. The van der Waals surface area contributed by atoms with E-state index in [1.807, 2.05) is 0 Å². The number of carbonyl (C=O) groups excluding carboxylic acids is 3. The second-order valence-corrected chi connectivity index (χ2v) is 8.04. The molecule has 1 atom stereocenters. The summed E-state index contributed by atoms with van der Waals surface area (Å²) in [5.74, 6) is -0.870. The molecule has 1 aliphatic carbocycles. The van der Waals surface area contributed by atoms with Crippen LogP contribution in [0, 0.1) is 17.7 Å². The monoisotopic (exact) mass is 420 g/mol. The van der Waals surface area contributed by atoms with Gasteiger partial charge in [0.15, 0.2) is 0 Å². The summed E-state index contributed by atoms with van der Waals surface area (Å²) in [5, 5.41) is 15.7. The molecule has 1 aromatic carbocycles. The van der Waals surface area contributed by atoms with Crippen molar-refractivity contribution in [2.24, 2.45) is 11.8 Å². The van der Waals surface area contributed by atoms with E-state index in [9.17, 15) is 24.0 Å². The topological polar surface area (TPSA) is 93.2 Å². The lowest BCUT2D eigenvalue weighted by molar-refractivity contribution is -0.164. The van der Waals surface area contributed by atoms with Gasteiger partial charge in [-0.2, -0.15) is 0 Å². The van der Waals surface area contributed by atoms with Crippen molar-refractivity contribution in [3.8, 4) is 0 Å². The molecule has 1 saturated heterocycles. The van der Waals surface area contributed by atoms with Gasteiger partial charge in [0.25, 0.3) is 0 Å². The maximum Gasteiger partial charge on any atom is 0.340 e. The molecule has 2 N–H and O–H groups in total. The van der Waals surface area contributed by atoms with Crippen molar-refractivity contribution in [1.29, 1.82) is 0 Å². The van der Waals surface area contributed by atoms with E-state index in [1.54, 1.807) is 0 Å². The summed E-state index contributed by atoms with van der Waals surface area (Å²) in [6.45, 7) is 0.678. The van der Waals surface area contributed by atoms with Crippen molar-refractivity contribution < 1.29 is 24.0 Å². The van der Waals surface area contributed by atoms with Crippen LogP contribution in [-0.2, 0) is 9.59 Å². The Bertz CT molecular complexity index is 739. The molecule has 1 aromatic rings. The summed E-state index contributed by atoms with van der Waals surface area (Å²) in [7, 11) is 0. The molecule has 1 aliphatic heterocycles. The maximum absolute atomic E-state index is 13.4. The number of nitrogens with one attached hydrogen (secondary N) is 1. The standard InChI is InChI=1S/C21H29FN4O4/c22-18-7-9-19(10-8-18)23-21(29)26-12-4-3-11-25(26)20(28)17(14-24(30)15-27)13-16-5-1-2-6-16/h7-10,15-17,30H,1-6,11-14H2,(H,23,29)/t17-/m1/s1. The van der Waals surface area contributed by atoms with Crippen LogP contribution >= 0.6 is 0 Å². The van der Waals surface area contributed by atoms with Crippen LogP contribution in [0.15, 0.2) is 24.3 Å². The second-order valence-electron chi connectivity index (χ2n) is 8.04. The number of hydrazine groups is 1. The second kappa shape index (κ2) is 10.4. The molecular formula is C21H29FN4O4.